The molecular weight excluding hydrogens is 450 g/mol. The van der Waals surface area contributed by atoms with Crippen LogP contribution in [-0.4, -0.2) is 22.5 Å². The third-order valence-electron chi connectivity index (χ3n) is 5.61. The van der Waals surface area contributed by atoms with Crippen molar-refractivity contribution in [2.24, 2.45) is 5.10 Å². The van der Waals surface area contributed by atoms with E-state index in [-0.39, 0.29) is 5.56 Å². The fraction of sp³-hybridized carbons (Fsp3) is 0.100. The first-order valence-corrected chi connectivity index (χ1v) is 11.8. The van der Waals surface area contributed by atoms with Crippen molar-refractivity contribution in [2.45, 2.75) is 13.5 Å². The summed E-state index contributed by atoms with van der Waals surface area (Å²) < 4.78 is 13.2. The van der Waals surface area contributed by atoms with E-state index in [1.165, 1.54) is 4.68 Å². The summed E-state index contributed by atoms with van der Waals surface area (Å²) in [5, 5.41) is 5.06. The van der Waals surface area contributed by atoms with Gasteiger partial charge < -0.3 is 9.47 Å². The van der Waals surface area contributed by atoms with Crippen molar-refractivity contribution < 1.29 is 9.47 Å². The lowest BCUT2D eigenvalue weighted by Crippen LogP contribution is -2.20. The molecule has 1 heterocycles. The summed E-state index contributed by atoms with van der Waals surface area (Å²) in [5.74, 6) is 1.74. The molecule has 0 fully saturated rings. The van der Waals surface area contributed by atoms with Gasteiger partial charge in [0.1, 0.15) is 6.61 Å². The van der Waals surface area contributed by atoms with Crippen LogP contribution in [0.1, 0.15) is 18.1 Å². The molecule has 0 amide bonds. The molecule has 0 N–H and O–H groups in total. The molecule has 0 unspecified atom stereocenters. The molecule has 0 spiro atoms. The van der Waals surface area contributed by atoms with Gasteiger partial charge >= 0.3 is 0 Å². The molecule has 0 bridgehead atoms. The number of hydrogen-bond acceptors (Lipinski definition) is 5. The molecule has 5 rings (SSSR count). The Morgan fingerprint density at radius 3 is 2.33 bits per heavy atom. The lowest BCUT2D eigenvalue weighted by molar-refractivity contribution is 0.269. The molecule has 1 aromatic heterocycles. The molecule has 6 heteroatoms. The van der Waals surface area contributed by atoms with Gasteiger partial charge in [-0.1, -0.05) is 72.8 Å². The van der Waals surface area contributed by atoms with Gasteiger partial charge in [0.2, 0.25) is 0 Å². The maximum absolute atomic E-state index is 13.4. The number of hydrogen-bond donors (Lipinski definition) is 0. The average molecular weight is 476 g/mol. The number of rotatable bonds is 8. The second kappa shape index (κ2) is 10.7. The molecule has 178 valence electrons. The average Bonchev–Trinajstić information content (AvgIpc) is 2.93. The first-order valence-electron chi connectivity index (χ1n) is 11.8. The van der Waals surface area contributed by atoms with Crippen LogP contribution >= 0.6 is 0 Å². The monoisotopic (exact) mass is 475 g/mol. The molecule has 0 saturated carbocycles. The van der Waals surface area contributed by atoms with Crippen LogP contribution in [0.5, 0.6) is 11.5 Å². The van der Waals surface area contributed by atoms with Crippen molar-refractivity contribution in [1.82, 2.24) is 9.66 Å². The number of benzene rings is 4. The van der Waals surface area contributed by atoms with Crippen molar-refractivity contribution in [3.63, 3.8) is 0 Å². The highest BCUT2D eigenvalue weighted by Gasteiger charge is 2.12. The van der Waals surface area contributed by atoms with E-state index in [0.29, 0.717) is 41.4 Å². The minimum Gasteiger partial charge on any atom is -0.490 e. The van der Waals surface area contributed by atoms with E-state index >= 15 is 0 Å². The number of aromatic nitrogens is 2. The number of para-hydroxylation sites is 1. The molecule has 0 aliphatic heterocycles. The van der Waals surface area contributed by atoms with Crippen molar-refractivity contribution in [2.75, 3.05) is 6.61 Å². The summed E-state index contributed by atoms with van der Waals surface area (Å²) in [7, 11) is 0. The van der Waals surface area contributed by atoms with Crippen molar-refractivity contribution in [3.05, 3.63) is 125 Å². The molecule has 0 aliphatic rings. The number of nitrogens with zero attached hydrogens (tertiary/aromatic N) is 3. The van der Waals surface area contributed by atoms with Gasteiger partial charge in [0.05, 0.1) is 23.7 Å². The second-order valence-corrected chi connectivity index (χ2v) is 8.09. The van der Waals surface area contributed by atoms with Crippen molar-refractivity contribution >= 4 is 17.1 Å². The summed E-state index contributed by atoms with van der Waals surface area (Å²) in [5.41, 5.74) is 3.04. The van der Waals surface area contributed by atoms with E-state index in [1.807, 2.05) is 104 Å². The maximum atomic E-state index is 13.4. The van der Waals surface area contributed by atoms with Crippen LogP contribution in [0.15, 0.2) is 113 Å². The lowest BCUT2D eigenvalue weighted by Gasteiger charge is -2.13. The lowest BCUT2D eigenvalue weighted by atomic mass is 10.2. The van der Waals surface area contributed by atoms with Crippen LogP contribution in [-0.2, 0) is 6.61 Å². The zero-order valence-electron chi connectivity index (χ0n) is 19.9. The topological polar surface area (TPSA) is 65.7 Å². The SMILES string of the molecule is CCOc1cc(C=Nn2c(-c3ccccc3)nc3ccccc3c2=O)ccc1OCc1ccccc1. The standard InChI is InChI=1S/C30H25N3O3/c1-2-35-28-19-23(17-18-27(28)36-21-22-11-5-3-6-12-22)20-31-33-29(24-13-7-4-8-14-24)32-26-16-10-9-15-25(26)30(33)34/h3-20H,2,21H2,1H3. The van der Waals surface area contributed by atoms with Gasteiger partial charge in [-0.3, -0.25) is 4.79 Å². The largest absolute Gasteiger partial charge is 0.490 e. The molecule has 0 saturated heterocycles. The van der Waals surface area contributed by atoms with Crippen LogP contribution in [0.25, 0.3) is 22.3 Å². The van der Waals surface area contributed by atoms with Crippen LogP contribution in [0.4, 0.5) is 0 Å². The Bertz CT molecular complexity index is 1560. The minimum absolute atomic E-state index is 0.233. The van der Waals surface area contributed by atoms with E-state index in [2.05, 4.69) is 5.10 Å². The van der Waals surface area contributed by atoms with Crippen LogP contribution in [0.3, 0.4) is 0 Å². The predicted molar refractivity (Wildman–Crippen MR) is 143 cm³/mol. The molecular formula is C30H25N3O3. The highest BCUT2D eigenvalue weighted by atomic mass is 16.5. The minimum atomic E-state index is -0.233. The fourth-order valence-electron chi connectivity index (χ4n) is 3.86. The molecule has 36 heavy (non-hydrogen) atoms. The van der Waals surface area contributed by atoms with Gasteiger partial charge in [0.25, 0.3) is 5.56 Å². The summed E-state index contributed by atoms with van der Waals surface area (Å²) in [6.45, 7) is 2.86. The fourth-order valence-corrected chi connectivity index (χ4v) is 3.86. The molecule has 6 nitrogen and oxygen atoms in total. The summed E-state index contributed by atoms with van der Waals surface area (Å²) in [6, 6.07) is 32.4. The van der Waals surface area contributed by atoms with E-state index in [9.17, 15) is 4.79 Å². The third-order valence-corrected chi connectivity index (χ3v) is 5.61. The van der Waals surface area contributed by atoms with E-state index in [0.717, 1.165) is 16.7 Å². The van der Waals surface area contributed by atoms with E-state index in [1.54, 1.807) is 12.3 Å². The number of ether oxygens (including phenoxy) is 2. The Balaban J connectivity index is 1.50. The predicted octanol–water partition coefficient (Wildman–Crippen LogP) is 5.92. The Morgan fingerprint density at radius 1 is 0.833 bits per heavy atom. The van der Waals surface area contributed by atoms with Gasteiger partial charge in [0, 0.05) is 5.56 Å². The van der Waals surface area contributed by atoms with Gasteiger partial charge in [0.15, 0.2) is 17.3 Å². The third kappa shape index (κ3) is 5.03. The Hall–Kier alpha value is -4.71. The van der Waals surface area contributed by atoms with Crippen LogP contribution in [0.2, 0.25) is 0 Å². The smallest absolute Gasteiger partial charge is 0.282 e. The van der Waals surface area contributed by atoms with Gasteiger partial charge in [-0.15, -0.1) is 0 Å². The van der Waals surface area contributed by atoms with E-state index < -0.39 is 0 Å². The zero-order valence-corrected chi connectivity index (χ0v) is 19.9. The molecule has 4 aromatic carbocycles. The number of fused-ring (bicyclic) bond motifs is 1. The van der Waals surface area contributed by atoms with E-state index in [4.69, 9.17) is 14.5 Å². The summed E-state index contributed by atoms with van der Waals surface area (Å²) in [4.78, 5) is 18.1. The van der Waals surface area contributed by atoms with Crippen molar-refractivity contribution in [1.29, 1.82) is 0 Å². The Morgan fingerprint density at radius 2 is 1.56 bits per heavy atom. The van der Waals surface area contributed by atoms with Crippen LogP contribution < -0.4 is 15.0 Å². The Labute approximate surface area is 209 Å². The zero-order chi connectivity index (χ0) is 24.7. The van der Waals surface area contributed by atoms with Crippen molar-refractivity contribution in [3.8, 4) is 22.9 Å². The van der Waals surface area contributed by atoms with Gasteiger partial charge in [-0.25, -0.2) is 4.98 Å². The normalized spacial score (nSPS) is 11.1. The highest BCUT2D eigenvalue weighted by Crippen LogP contribution is 2.29. The highest BCUT2D eigenvalue weighted by molar-refractivity contribution is 5.82. The first kappa shape index (κ1) is 23.1. The second-order valence-electron chi connectivity index (χ2n) is 8.09. The molecule has 5 aromatic rings. The molecule has 0 atom stereocenters. The van der Waals surface area contributed by atoms with Gasteiger partial charge in [-0.05, 0) is 48.4 Å². The quantitative estimate of drug-likeness (QED) is 0.261. The summed E-state index contributed by atoms with van der Waals surface area (Å²) in [6.07, 6.45) is 1.63. The first-order chi connectivity index (χ1) is 17.7. The maximum Gasteiger partial charge on any atom is 0.282 e. The van der Waals surface area contributed by atoms with Crippen LogP contribution in [0, 0.1) is 0 Å². The molecule has 0 aliphatic carbocycles. The summed E-state index contributed by atoms with van der Waals surface area (Å²) >= 11 is 0. The Kier molecular flexibility index (Phi) is 6.85. The van der Waals surface area contributed by atoms with Gasteiger partial charge in [-0.2, -0.15) is 9.78 Å². The molecule has 0 radical (unpaired) electrons.